The lowest BCUT2D eigenvalue weighted by Gasteiger charge is -2.11. The lowest BCUT2D eigenvalue weighted by Crippen LogP contribution is -1.94. The molecule has 1 nitrogen and oxygen atoms in total. The average molecular weight is 566 g/mol. The quantitative estimate of drug-likeness (QED) is 0.201. The van der Waals surface area contributed by atoms with E-state index in [-0.39, 0.29) is 0 Å². The van der Waals surface area contributed by atoms with Crippen LogP contribution in [0.25, 0.3) is 80.7 Å². The molecule has 0 atom stereocenters. The Kier molecular flexibility index (Phi) is 5.35. The first-order chi connectivity index (χ1) is 21.3. The van der Waals surface area contributed by atoms with E-state index in [0.717, 1.165) is 0 Å². The first kappa shape index (κ1) is 24.4. The van der Waals surface area contributed by atoms with Gasteiger partial charge in [-0.25, -0.2) is 0 Å². The molecule has 0 saturated carbocycles. The highest BCUT2D eigenvalue weighted by Crippen LogP contribution is 2.50. The Labute approximate surface area is 253 Å². The highest BCUT2D eigenvalue weighted by atomic mass is 32.1. The van der Waals surface area contributed by atoms with Gasteiger partial charge in [-0.15, -0.1) is 11.3 Å². The predicted molar refractivity (Wildman–Crippen MR) is 187 cm³/mol. The zero-order valence-electron chi connectivity index (χ0n) is 23.7. The molecular formula is C41H27NS. The normalized spacial score (nSPS) is 11.8. The number of benzene rings is 7. The molecule has 0 radical (unpaired) electrons. The minimum Gasteiger partial charge on any atom is -0.309 e. The van der Waals surface area contributed by atoms with Gasteiger partial charge >= 0.3 is 0 Å². The lowest BCUT2D eigenvalue weighted by molar-refractivity contribution is 1.19. The molecule has 0 fully saturated rings. The summed E-state index contributed by atoms with van der Waals surface area (Å²) in [7, 11) is 0. The van der Waals surface area contributed by atoms with Crippen LogP contribution in [0.3, 0.4) is 0 Å². The van der Waals surface area contributed by atoms with Gasteiger partial charge < -0.3 is 4.57 Å². The predicted octanol–water partition coefficient (Wildman–Crippen LogP) is 11.9. The van der Waals surface area contributed by atoms with Crippen LogP contribution in [-0.4, -0.2) is 4.57 Å². The molecule has 0 bridgehead atoms. The lowest BCUT2D eigenvalue weighted by atomic mass is 9.97. The molecule has 9 aromatic rings. The van der Waals surface area contributed by atoms with Crippen molar-refractivity contribution in [3.8, 4) is 27.9 Å². The number of hydrogen-bond acceptors (Lipinski definition) is 1. The van der Waals surface area contributed by atoms with Crippen LogP contribution in [0.15, 0.2) is 146 Å². The fraction of sp³-hybridized carbons (Fsp3) is 0.0244. The second-order valence-electron chi connectivity index (χ2n) is 11.4. The molecule has 2 heterocycles. The summed E-state index contributed by atoms with van der Waals surface area (Å²) in [6.07, 6.45) is 0. The van der Waals surface area contributed by atoms with E-state index in [1.54, 1.807) is 0 Å². The highest BCUT2D eigenvalue weighted by molar-refractivity contribution is 7.27. The number of rotatable bonds is 3. The maximum Gasteiger partial charge on any atom is 0.0626 e. The largest absolute Gasteiger partial charge is 0.309 e. The molecule has 0 aliphatic rings. The molecule has 2 aromatic heterocycles. The van der Waals surface area contributed by atoms with Crippen molar-refractivity contribution < 1.29 is 0 Å². The van der Waals surface area contributed by atoms with E-state index in [0.29, 0.717) is 0 Å². The Morgan fingerprint density at radius 1 is 0.465 bits per heavy atom. The number of thiophene rings is 1. The van der Waals surface area contributed by atoms with Gasteiger partial charge in [0.15, 0.2) is 0 Å². The fourth-order valence-electron chi connectivity index (χ4n) is 6.86. The summed E-state index contributed by atoms with van der Waals surface area (Å²) in [5.41, 5.74) is 9.99. The van der Waals surface area contributed by atoms with Crippen LogP contribution < -0.4 is 0 Å². The van der Waals surface area contributed by atoms with Crippen LogP contribution in [-0.2, 0) is 0 Å². The summed E-state index contributed by atoms with van der Waals surface area (Å²) in [6, 6.07) is 53.3. The number of hydrogen-bond donors (Lipinski definition) is 0. The summed E-state index contributed by atoms with van der Waals surface area (Å²) in [5, 5.41) is 7.90. The van der Waals surface area contributed by atoms with Gasteiger partial charge in [0, 0.05) is 47.4 Å². The Balaban J connectivity index is 1.51. The first-order valence-corrected chi connectivity index (χ1v) is 15.6. The summed E-state index contributed by atoms with van der Waals surface area (Å²) < 4.78 is 5.20. The molecule has 0 unspecified atom stereocenters. The van der Waals surface area contributed by atoms with E-state index in [2.05, 4.69) is 157 Å². The minimum absolute atomic E-state index is 1.18. The molecule has 43 heavy (non-hydrogen) atoms. The van der Waals surface area contributed by atoms with Crippen molar-refractivity contribution in [3.05, 3.63) is 151 Å². The molecule has 0 aliphatic carbocycles. The standard InChI is InChI=1S/C41H27NS/c1-26-19-21-28(22-20-26)31-17-10-18-35-38-37-34-24-23-29(27-11-4-2-5-12-27)25-36(34)42(30-13-6-3-7-14-30)39(37)32-15-8-9-16-33(32)41(38)43-40(31)35/h2-25H,1H3. The number of aryl methyl sites for hydroxylation is 1. The van der Waals surface area contributed by atoms with Gasteiger partial charge in [-0.2, -0.15) is 0 Å². The Morgan fingerprint density at radius 3 is 1.93 bits per heavy atom. The molecule has 202 valence electrons. The van der Waals surface area contributed by atoms with Crippen LogP contribution in [0.5, 0.6) is 0 Å². The van der Waals surface area contributed by atoms with E-state index < -0.39 is 0 Å². The van der Waals surface area contributed by atoms with Crippen molar-refractivity contribution in [2.75, 3.05) is 0 Å². The third-order valence-corrected chi connectivity index (χ3v) is 10.1. The van der Waals surface area contributed by atoms with Crippen molar-refractivity contribution in [1.82, 2.24) is 4.57 Å². The maximum absolute atomic E-state index is 2.49. The summed E-state index contributed by atoms with van der Waals surface area (Å²) in [4.78, 5) is 0. The first-order valence-electron chi connectivity index (χ1n) is 14.8. The van der Waals surface area contributed by atoms with Crippen molar-refractivity contribution in [2.45, 2.75) is 6.92 Å². The van der Waals surface area contributed by atoms with Gasteiger partial charge in [0.25, 0.3) is 0 Å². The molecule has 2 heteroatoms. The topological polar surface area (TPSA) is 4.93 Å². The minimum atomic E-state index is 1.18. The Morgan fingerprint density at radius 2 is 1.14 bits per heavy atom. The van der Waals surface area contributed by atoms with Crippen LogP contribution in [0.2, 0.25) is 0 Å². The van der Waals surface area contributed by atoms with E-state index in [4.69, 9.17) is 0 Å². The monoisotopic (exact) mass is 565 g/mol. The molecular weight excluding hydrogens is 539 g/mol. The Bertz CT molecular complexity index is 2480. The van der Waals surface area contributed by atoms with Gasteiger partial charge in [-0.1, -0.05) is 133 Å². The molecule has 0 spiro atoms. The van der Waals surface area contributed by atoms with Crippen LogP contribution >= 0.6 is 11.3 Å². The van der Waals surface area contributed by atoms with Crippen LogP contribution in [0.1, 0.15) is 5.56 Å². The second kappa shape index (κ2) is 9.42. The summed E-state index contributed by atoms with van der Waals surface area (Å²) >= 11 is 1.94. The number of aromatic nitrogens is 1. The molecule has 0 amide bonds. The highest BCUT2D eigenvalue weighted by Gasteiger charge is 2.23. The van der Waals surface area contributed by atoms with Gasteiger partial charge in [0.1, 0.15) is 0 Å². The van der Waals surface area contributed by atoms with Gasteiger partial charge in [0.2, 0.25) is 0 Å². The van der Waals surface area contributed by atoms with Crippen molar-refractivity contribution >= 4 is 64.1 Å². The van der Waals surface area contributed by atoms with E-state index >= 15 is 0 Å². The zero-order valence-corrected chi connectivity index (χ0v) is 24.5. The zero-order chi connectivity index (χ0) is 28.5. The van der Waals surface area contributed by atoms with Crippen molar-refractivity contribution in [2.24, 2.45) is 0 Å². The molecule has 9 rings (SSSR count). The summed E-state index contributed by atoms with van der Waals surface area (Å²) in [6.45, 7) is 2.15. The summed E-state index contributed by atoms with van der Waals surface area (Å²) in [5.74, 6) is 0. The third kappa shape index (κ3) is 3.64. The smallest absolute Gasteiger partial charge is 0.0626 e. The van der Waals surface area contributed by atoms with Crippen molar-refractivity contribution in [3.63, 3.8) is 0 Å². The molecule has 0 N–H and O–H groups in total. The van der Waals surface area contributed by atoms with Crippen LogP contribution in [0, 0.1) is 6.92 Å². The van der Waals surface area contributed by atoms with E-state index in [1.807, 2.05) is 11.3 Å². The van der Waals surface area contributed by atoms with Gasteiger partial charge in [-0.3, -0.25) is 0 Å². The maximum atomic E-state index is 2.49. The second-order valence-corrected chi connectivity index (χ2v) is 12.4. The average Bonchev–Trinajstić information content (AvgIpc) is 3.62. The van der Waals surface area contributed by atoms with Gasteiger partial charge in [0.05, 0.1) is 11.0 Å². The molecule has 0 saturated heterocycles. The van der Waals surface area contributed by atoms with Crippen LogP contribution in [0.4, 0.5) is 0 Å². The Hall–Kier alpha value is -5.18. The number of nitrogens with zero attached hydrogens (tertiary/aromatic N) is 1. The SMILES string of the molecule is Cc1ccc(-c2cccc3c2sc2c4ccccc4c4c(c5ccc(-c6ccccc6)cc5n4-c4ccccc4)c32)cc1. The fourth-order valence-corrected chi connectivity index (χ4v) is 8.24. The van der Waals surface area contributed by atoms with Crippen molar-refractivity contribution in [1.29, 1.82) is 0 Å². The van der Waals surface area contributed by atoms with Gasteiger partial charge in [-0.05, 0) is 47.4 Å². The van der Waals surface area contributed by atoms with E-state index in [9.17, 15) is 0 Å². The third-order valence-electron chi connectivity index (χ3n) is 8.84. The number of para-hydroxylation sites is 1. The number of fused-ring (bicyclic) bond motifs is 10. The van der Waals surface area contributed by atoms with E-state index in [1.165, 1.54) is 86.3 Å². The molecule has 7 aromatic carbocycles. The molecule has 0 aliphatic heterocycles.